The minimum absolute atomic E-state index is 0.0264. The normalized spacial score (nSPS) is 14.9. The molecule has 7 heteroatoms. The molecule has 0 saturated heterocycles. The van der Waals surface area contributed by atoms with E-state index in [4.69, 9.17) is 5.11 Å². The van der Waals surface area contributed by atoms with E-state index in [9.17, 15) is 4.79 Å². The second kappa shape index (κ2) is 5.81. The first-order valence-electron chi connectivity index (χ1n) is 6.60. The molecule has 19 heavy (non-hydrogen) atoms. The van der Waals surface area contributed by atoms with Crippen molar-refractivity contribution in [3.63, 3.8) is 0 Å². The third-order valence-corrected chi connectivity index (χ3v) is 4.03. The van der Waals surface area contributed by atoms with E-state index >= 15 is 0 Å². The predicted molar refractivity (Wildman–Crippen MR) is 74.8 cm³/mol. The van der Waals surface area contributed by atoms with E-state index in [1.54, 1.807) is 0 Å². The molecule has 0 amide bonds. The molecule has 0 aromatic carbocycles. The molecule has 6 nitrogen and oxygen atoms in total. The SMILES string of the molecule is CCN(c1nnc(SCC(=O)O)n1C1CC1)C(C)C. The van der Waals surface area contributed by atoms with E-state index in [0.29, 0.717) is 12.1 Å². The summed E-state index contributed by atoms with van der Waals surface area (Å²) in [5.41, 5.74) is 0. The summed E-state index contributed by atoms with van der Waals surface area (Å²) in [5, 5.41) is 17.9. The van der Waals surface area contributed by atoms with Gasteiger partial charge in [-0.05, 0) is 33.6 Å². The molecule has 2 rings (SSSR count). The van der Waals surface area contributed by atoms with E-state index in [0.717, 1.165) is 30.5 Å². The summed E-state index contributed by atoms with van der Waals surface area (Å²) >= 11 is 1.25. The van der Waals surface area contributed by atoms with Crippen molar-refractivity contribution in [3.8, 4) is 0 Å². The average molecular weight is 284 g/mol. The largest absolute Gasteiger partial charge is 0.481 e. The van der Waals surface area contributed by atoms with E-state index in [1.807, 2.05) is 0 Å². The molecule has 0 bridgehead atoms. The molecule has 0 spiro atoms. The lowest BCUT2D eigenvalue weighted by Crippen LogP contribution is -2.33. The third kappa shape index (κ3) is 3.20. The number of hydrogen-bond acceptors (Lipinski definition) is 5. The number of hydrogen-bond donors (Lipinski definition) is 1. The maximum Gasteiger partial charge on any atom is 0.313 e. The molecule has 0 unspecified atom stereocenters. The Labute approximate surface area is 117 Å². The van der Waals surface area contributed by atoms with Crippen LogP contribution in [0.5, 0.6) is 0 Å². The van der Waals surface area contributed by atoms with Gasteiger partial charge in [0.05, 0.1) is 5.75 Å². The van der Waals surface area contributed by atoms with Crippen LogP contribution >= 0.6 is 11.8 Å². The highest BCUT2D eigenvalue weighted by Crippen LogP contribution is 2.41. The van der Waals surface area contributed by atoms with Gasteiger partial charge in [0.1, 0.15) is 0 Å². The Morgan fingerprint density at radius 3 is 2.68 bits per heavy atom. The third-order valence-electron chi connectivity index (χ3n) is 3.10. The zero-order valence-electron chi connectivity index (χ0n) is 11.5. The molecular weight excluding hydrogens is 264 g/mol. The van der Waals surface area contributed by atoms with Gasteiger partial charge in [0, 0.05) is 18.6 Å². The number of thioether (sulfide) groups is 1. The number of carboxylic acid groups (broad SMARTS) is 1. The summed E-state index contributed by atoms with van der Waals surface area (Å²) < 4.78 is 2.11. The first kappa shape index (κ1) is 14.2. The van der Waals surface area contributed by atoms with Crippen molar-refractivity contribution in [1.82, 2.24) is 14.8 Å². The van der Waals surface area contributed by atoms with Gasteiger partial charge < -0.3 is 10.0 Å². The summed E-state index contributed by atoms with van der Waals surface area (Å²) in [6.07, 6.45) is 2.25. The lowest BCUT2D eigenvalue weighted by atomic mass is 10.3. The number of rotatable bonds is 7. The lowest BCUT2D eigenvalue weighted by molar-refractivity contribution is -0.133. The fraction of sp³-hybridized carbons (Fsp3) is 0.750. The maximum atomic E-state index is 10.7. The smallest absolute Gasteiger partial charge is 0.313 e. The molecule has 106 valence electrons. The summed E-state index contributed by atoms with van der Waals surface area (Å²) in [5.74, 6) is 0.0690. The van der Waals surface area contributed by atoms with Crippen LogP contribution < -0.4 is 4.90 Å². The van der Waals surface area contributed by atoms with Crippen LogP contribution in [0.1, 0.15) is 39.7 Å². The standard InChI is InChI=1S/C12H20N4O2S/c1-4-15(8(2)3)11-13-14-12(19-7-10(17)18)16(11)9-5-6-9/h8-9H,4-7H2,1-3H3,(H,17,18). The van der Waals surface area contributed by atoms with Crippen molar-refractivity contribution in [2.24, 2.45) is 0 Å². The van der Waals surface area contributed by atoms with E-state index in [2.05, 4.69) is 40.4 Å². The monoisotopic (exact) mass is 284 g/mol. The average Bonchev–Trinajstić information content (AvgIpc) is 3.09. The fourth-order valence-corrected chi connectivity index (χ4v) is 2.80. The Hall–Kier alpha value is -1.24. The van der Waals surface area contributed by atoms with E-state index in [-0.39, 0.29) is 5.75 Å². The highest BCUT2D eigenvalue weighted by molar-refractivity contribution is 7.99. The number of carboxylic acids is 1. The fourth-order valence-electron chi connectivity index (χ4n) is 2.08. The summed E-state index contributed by atoms with van der Waals surface area (Å²) in [7, 11) is 0. The number of aliphatic carboxylic acids is 1. The van der Waals surface area contributed by atoms with Gasteiger partial charge in [0.2, 0.25) is 5.95 Å². The van der Waals surface area contributed by atoms with Gasteiger partial charge in [-0.25, -0.2) is 0 Å². The maximum absolute atomic E-state index is 10.7. The number of nitrogens with zero attached hydrogens (tertiary/aromatic N) is 4. The molecular formula is C12H20N4O2S. The van der Waals surface area contributed by atoms with E-state index < -0.39 is 5.97 Å². The molecule has 1 fully saturated rings. The summed E-state index contributed by atoms with van der Waals surface area (Å²) in [6, 6.07) is 0.790. The molecule has 0 radical (unpaired) electrons. The minimum atomic E-state index is -0.826. The summed E-state index contributed by atoms with van der Waals surface area (Å²) in [6.45, 7) is 7.21. The van der Waals surface area contributed by atoms with Gasteiger partial charge in [-0.3, -0.25) is 9.36 Å². The van der Waals surface area contributed by atoms with E-state index in [1.165, 1.54) is 11.8 Å². The Bertz CT molecular complexity index is 457. The van der Waals surface area contributed by atoms with Crippen LogP contribution in [0, 0.1) is 0 Å². The van der Waals surface area contributed by atoms with Gasteiger partial charge in [-0.1, -0.05) is 11.8 Å². The van der Waals surface area contributed by atoms with Gasteiger partial charge in [0.25, 0.3) is 0 Å². The van der Waals surface area contributed by atoms with Crippen LogP contribution in [0.15, 0.2) is 5.16 Å². The predicted octanol–water partition coefficient (Wildman–Crippen LogP) is 2.02. The Balaban J connectivity index is 2.26. The van der Waals surface area contributed by atoms with Crippen LogP contribution in [0.4, 0.5) is 5.95 Å². The molecule has 0 atom stereocenters. The highest BCUT2D eigenvalue weighted by atomic mass is 32.2. The van der Waals surface area contributed by atoms with Crippen molar-refractivity contribution >= 4 is 23.7 Å². The van der Waals surface area contributed by atoms with Crippen LogP contribution in [-0.2, 0) is 4.79 Å². The van der Waals surface area contributed by atoms with Crippen molar-refractivity contribution in [2.75, 3.05) is 17.2 Å². The van der Waals surface area contributed by atoms with Gasteiger partial charge in [-0.15, -0.1) is 10.2 Å². The minimum Gasteiger partial charge on any atom is -0.481 e. The quantitative estimate of drug-likeness (QED) is 0.772. The molecule has 1 N–H and O–H groups in total. The second-order valence-electron chi connectivity index (χ2n) is 4.95. The van der Waals surface area contributed by atoms with Gasteiger partial charge in [0.15, 0.2) is 5.16 Å². The Kier molecular flexibility index (Phi) is 4.34. The van der Waals surface area contributed by atoms with Crippen LogP contribution in [0.3, 0.4) is 0 Å². The molecule has 1 heterocycles. The van der Waals surface area contributed by atoms with Crippen molar-refractivity contribution in [3.05, 3.63) is 0 Å². The zero-order chi connectivity index (χ0) is 14.0. The molecule has 1 aromatic heterocycles. The Morgan fingerprint density at radius 1 is 1.53 bits per heavy atom. The van der Waals surface area contributed by atoms with Crippen LogP contribution in [0.2, 0.25) is 0 Å². The second-order valence-corrected chi connectivity index (χ2v) is 5.89. The topological polar surface area (TPSA) is 71.2 Å². The number of carbonyl (C=O) groups is 1. The molecule has 1 aliphatic rings. The number of aromatic nitrogens is 3. The molecule has 0 aliphatic heterocycles. The van der Waals surface area contributed by atoms with Crippen molar-refractivity contribution < 1.29 is 9.90 Å². The molecule has 1 aliphatic carbocycles. The first-order valence-corrected chi connectivity index (χ1v) is 7.59. The summed E-state index contributed by atoms with van der Waals surface area (Å²) in [4.78, 5) is 12.9. The van der Waals surface area contributed by atoms with Gasteiger partial charge in [-0.2, -0.15) is 0 Å². The van der Waals surface area contributed by atoms with Crippen molar-refractivity contribution in [2.45, 2.75) is 50.9 Å². The first-order chi connectivity index (χ1) is 9.04. The Morgan fingerprint density at radius 2 is 2.21 bits per heavy atom. The lowest BCUT2D eigenvalue weighted by Gasteiger charge is -2.26. The van der Waals surface area contributed by atoms with Gasteiger partial charge >= 0.3 is 5.97 Å². The molecule has 1 aromatic rings. The van der Waals surface area contributed by atoms with Crippen LogP contribution in [-0.4, -0.2) is 44.2 Å². The molecule has 1 saturated carbocycles. The zero-order valence-corrected chi connectivity index (χ0v) is 12.4. The highest BCUT2D eigenvalue weighted by Gasteiger charge is 2.32. The van der Waals surface area contributed by atoms with Crippen LogP contribution in [0.25, 0.3) is 0 Å². The van der Waals surface area contributed by atoms with Crippen molar-refractivity contribution in [1.29, 1.82) is 0 Å². The number of anilines is 1.